The molecule has 0 radical (unpaired) electrons. The van der Waals surface area contributed by atoms with E-state index in [1.54, 1.807) is 25.1 Å². The number of amides is 1. The van der Waals surface area contributed by atoms with E-state index in [9.17, 15) is 18.0 Å². The Bertz CT molecular complexity index is 1040. The molecule has 0 spiro atoms. The minimum absolute atomic E-state index is 0.150. The molecule has 30 heavy (non-hydrogen) atoms. The van der Waals surface area contributed by atoms with Gasteiger partial charge in [-0.15, -0.1) is 0 Å². The summed E-state index contributed by atoms with van der Waals surface area (Å²) in [5, 5.41) is 2.58. The molecule has 10 heteroatoms. The van der Waals surface area contributed by atoms with Crippen LogP contribution in [0.1, 0.15) is 38.4 Å². The van der Waals surface area contributed by atoms with Gasteiger partial charge in [-0.05, 0) is 38.0 Å². The molecule has 3 rings (SSSR count). The van der Waals surface area contributed by atoms with Crippen LogP contribution in [0.3, 0.4) is 0 Å². The van der Waals surface area contributed by atoms with Crippen LogP contribution < -0.4 is 5.32 Å². The SMILES string of the molecule is COC(=O)[C@H](C)NC(=O)CCc1nc2cc(S(=O)(=O)N3CCCCC3)ccc2n1C. The maximum atomic E-state index is 12.9. The van der Waals surface area contributed by atoms with Gasteiger partial charge in [0.1, 0.15) is 11.9 Å². The van der Waals surface area contributed by atoms with Crippen molar-refractivity contribution in [2.45, 2.75) is 50.0 Å². The number of hydrogen-bond acceptors (Lipinski definition) is 6. The highest BCUT2D eigenvalue weighted by Crippen LogP contribution is 2.24. The van der Waals surface area contributed by atoms with Crippen molar-refractivity contribution < 1.29 is 22.7 Å². The topological polar surface area (TPSA) is 111 Å². The van der Waals surface area contributed by atoms with Gasteiger partial charge >= 0.3 is 5.97 Å². The second-order valence-electron chi connectivity index (χ2n) is 7.51. The van der Waals surface area contributed by atoms with E-state index in [4.69, 9.17) is 0 Å². The van der Waals surface area contributed by atoms with E-state index >= 15 is 0 Å². The predicted molar refractivity (Wildman–Crippen MR) is 111 cm³/mol. The number of benzene rings is 1. The number of piperidine rings is 1. The summed E-state index contributed by atoms with van der Waals surface area (Å²) in [4.78, 5) is 28.3. The quantitative estimate of drug-likeness (QED) is 0.656. The molecule has 1 aliphatic rings. The van der Waals surface area contributed by atoms with Crippen molar-refractivity contribution in [2.75, 3.05) is 20.2 Å². The van der Waals surface area contributed by atoms with Crippen molar-refractivity contribution in [1.29, 1.82) is 0 Å². The Kier molecular flexibility index (Phi) is 6.77. The number of rotatable bonds is 7. The molecule has 1 N–H and O–H groups in total. The number of esters is 1. The highest BCUT2D eigenvalue weighted by Gasteiger charge is 2.26. The first-order valence-electron chi connectivity index (χ1n) is 10.1. The van der Waals surface area contributed by atoms with Crippen LogP contribution in [0, 0.1) is 0 Å². The smallest absolute Gasteiger partial charge is 0.328 e. The highest BCUT2D eigenvalue weighted by molar-refractivity contribution is 7.89. The van der Waals surface area contributed by atoms with Crippen LogP contribution in [-0.4, -0.2) is 60.4 Å². The standard InChI is InChI=1S/C20H28N4O5S/c1-14(20(26)29-3)21-19(25)10-9-18-22-16-13-15(7-8-17(16)23(18)2)30(27,28)24-11-5-4-6-12-24/h7-8,13-14H,4-6,9-12H2,1-3H3,(H,21,25)/t14-/m0/s1. The molecule has 1 aliphatic heterocycles. The zero-order valence-corrected chi connectivity index (χ0v) is 18.4. The van der Waals surface area contributed by atoms with Crippen LogP contribution in [0.2, 0.25) is 0 Å². The van der Waals surface area contributed by atoms with E-state index in [0.717, 1.165) is 24.8 Å². The number of methoxy groups -OCH3 is 1. The third kappa shape index (κ3) is 4.65. The van der Waals surface area contributed by atoms with Crippen LogP contribution in [0.25, 0.3) is 11.0 Å². The number of aromatic nitrogens is 2. The predicted octanol–water partition coefficient (Wildman–Crippen LogP) is 1.36. The molecule has 1 amide bonds. The number of carbonyl (C=O) groups is 2. The molecule has 1 aromatic heterocycles. The summed E-state index contributed by atoms with van der Waals surface area (Å²) in [5.41, 5.74) is 1.37. The fraction of sp³-hybridized carbons (Fsp3) is 0.550. The lowest BCUT2D eigenvalue weighted by molar-refractivity contribution is -0.144. The molecule has 164 valence electrons. The van der Waals surface area contributed by atoms with Crippen LogP contribution in [0.15, 0.2) is 23.1 Å². The van der Waals surface area contributed by atoms with E-state index in [1.807, 2.05) is 11.6 Å². The summed E-state index contributed by atoms with van der Waals surface area (Å²) in [6, 6.07) is 4.25. The van der Waals surface area contributed by atoms with E-state index < -0.39 is 22.0 Å². The van der Waals surface area contributed by atoms with Gasteiger partial charge in [-0.25, -0.2) is 18.2 Å². The van der Waals surface area contributed by atoms with Gasteiger partial charge in [-0.3, -0.25) is 4.79 Å². The normalized spacial score (nSPS) is 16.4. The second kappa shape index (κ2) is 9.13. The van der Waals surface area contributed by atoms with Gasteiger partial charge in [0.2, 0.25) is 15.9 Å². The van der Waals surface area contributed by atoms with E-state index in [1.165, 1.54) is 11.4 Å². The maximum absolute atomic E-state index is 12.9. The zero-order chi connectivity index (χ0) is 21.9. The fourth-order valence-corrected chi connectivity index (χ4v) is 5.18. The van der Waals surface area contributed by atoms with Gasteiger partial charge in [0, 0.05) is 33.0 Å². The molecule has 1 saturated heterocycles. The Balaban J connectivity index is 1.74. The highest BCUT2D eigenvalue weighted by atomic mass is 32.2. The lowest BCUT2D eigenvalue weighted by Gasteiger charge is -2.25. The summed E-state index contributed by atoms with van der Waals surface area (Å²) in [6.45, 7) is 2.66. The first kappa shape index (κ1) is 22.2. The largest absolute Gasteiger partial charge is 0.467 e. The van der Waals surface area contributed by atoms with E-state index in [-0.39, 0.29) is 17.2 Å². The third-order valence-corrected chi connectivity index (χ3v) is 7.30. The van der Waals surface area contributed by atoms with Gasteiger partial charge in [0.05, 0.1) is 23.0 Å². The Labute approximate surface area is 176 Å². The van der Waals surface area contributed by atoms with Gasteiger partial charge in [-0.1, -0.05) is 6.42 Å². The molecule has 1 atom stereocenters. The Morgan fingerprint density at radius 1 is 1.23 bits per heavy atom. The van der Waals surface area contributed by atoms with Crippen LogP contribution in [0.4, 0.5) is 0 Å². The number of hydrogen-bond donors (Lipinski definition) is 1. The van der Waals surface area contributed by atoms with Gasteiger partial charge < -0.3 is 14.6 Å². The second-order valence-corrected chi connectivity index (χ2v) is 9.45. The number of imidazole rings is 1. The number of carbonyl (C=O) groups excluding carboxylic acids is 2. The van der Waals surface area contributed by atoms with Crippen LogP contribution in [0.5, 0.6) is 0 Å². The number of aryl methyl sites for hydroxylation is 2. The number of nitrogens with zero attached hydrogens (tertiary/aromatic N) is 3. The molecular formula is C20H28N4O5S. The molecule has 1 aromatic carbocycles. The van der Waals surface area contributed by atoms with Crippen molar-refractivity contribution in [1.82, 2.24) is 19.2 Å². The number of sulfonamides is 1. The average Bonchev–Trinajstić information content (AvgIpc) is 3.07. The fourth-order valence-electron chi connectivity index (χ4n) is 3.64. The lowest BCUT2D eigenvalue weighted by atomic mass is 10.2. The van der Waals surface area contributed by atoms with Crippen molar-refractivity contribution in [3.8, 4) is 0 Å². The molecular weight excluding hydrogens is 408 g/mol. The molecule has 1 fully saturated rings. The van der Waals surface area contributed by atoms with Crippen molar-refractivity contribution in [2.24, 2.45) is 7.05 Å². The first-order valence-corrected chi connectivity index (χ1v) is 11.5. The van der Waals surface area contributed by atoms with Crippen LogP contribution >= 0.6 is 0 Å². The average molecular weight is 437 g/mol. The van der Waals surface area contributed by atoms with Crippen molar-refractivity contribution >= 4 is 32.9 Å². The molecule has 0 bridgehead atoms. The minimum Gasteiger partial charge on any atom is -0.467 e. The zero-order valence-electron chi connectivity index (χ0n) is 17.6. The summed E-state index contributed by atoms with van der Waals surface area (Å²) in [5.74, 6) is -0.125. The molecule has 0 aliphatic carbocycles. The number of ether oxygens (including phenoxy) is 1. The minimum atomic E-state index is -3.53. The van der Waals surface area contributed by atoms with Crippen molar-refractivity contribution in [3.63, 3.8) is 0 Å². The number of fused-ring (bicyclic) bond motifs is 1. The molecule has 2 aromatic rings. The van der Waals surface area contributed by atoms with E-state index in [0.29, 0.717) is 30.9 Å². The van der Waals surface area contributed by atoms with Crippen LogP contribution in [-0.2, 0) is 37.8 Å². The molecule has 2 heterocycles. The number of nitrogens with one attached hydrogen (secondary N) is 1. The third-order valence-electron chi connectivity index (χ3n) is 5.41. The molecule has 0 saturated carbocycles. The Morgan fingerprint density at radius 2 is 1.93 bits per heavy atom. The molecule has 0 unspecified atom stereocenters. The summed E-state index contributed by atoms with van der Waals surface area (Å²) < 4.78 is 33.8. The Morgan fingerprint density at radius 3 is 2.60 bits per heavy atom. The monoisotopic (exact) mass is 436 g/mol. The maximum Gasteiger partial charge on any atom is 0.328 e. The Hall–Kier alpha value is -2.46. The molecule has 9 nitrogen and oxygen atoms in total. The van der Waals surface area contributed by atoms with Gasteiger partial charge in [0.25, 0.3) is 0 Å². The lowest BCUT2D eigenvalue weighted by Crippen LogP contribution is -2.39. The van der Waals surface area contributed by atoms with Gasteiger partial charge in [0.15, 0.2) is 0 Å². The summed E-state index contributed by atoms with van der Waals surface area (Å²) in [6.07, 6.45) is 3.33. The van der Waals surface area contributed by atoms with E-state index in [2.05, 4.69) is 15.0 Å². The first-order chi connectivity index (χ1) is 14.2. The summed E-state index contributed by atoms with van der Waals surface area (Å²) >= 11 is 0. The van der Waals surface area contributed by atoms with Crippen molar-refractivity contribution in [3.05, 3.63) is 24.0 Å². The van der Waals surface area contributed by atoms with Gasteiger partial charge in [-0.2, -0.15) is 4.31 Å². The summed E-state index contributed by atoms with van der Waals surface area (Å²) in [7, 11) is -0.431.